The first-order valence-corrected chi connectivity index (χ1v) is 14.1. The number of rotatable bonds is 8. The lowest BCUT2D eigenvalue weighted by Gasteiger charge is -2.34. The maximum Gasteiger partial charge on any atom is 0.409 e. The normalized spacial score (nSPS) is 13.9. The van der Waals surface area contributed by atoms with Crippen molar-refractivity contribution in [2.45, 2.75) is 26.3 Å². The third-order valence-corrected chi connectivity index (χ3v) is 7.37. The summed E-state index contributed by atoms with van der Waals surface area (Å²) in [7, 11) is 0. The Hall–Kier alpha value is -3.62. The second kappa shape index (κ2) is 12.5. The number of anilines is 1. The number of fused-ring (bicyclic) bond motifs is 1. The molecule has 0 unspecified atom stereocenters. The summed E-state index contributed by atoms with van der Waals surface area (Å²) in [5.41, 5.74) is 4.03. The minimum Gasteiger partial charge on any atom is -0.456 e. The SMILES string of the molecule is CCCCOC(=O)N1CCN(Cc2ccc3cc(-c4ccccc4NC(=O)c4cccc(Br)c4)oc3c2)CC1. The molecule has 2 heterocycles. The number of amides is 2. The fourth-order valence-corrected chi connectivity index (χ4v) is 5.08. The molecule has 5 rings (SSSR count). The number of benzene rings is 3. The van der Waals surface area contributed by atoms with E-state index in [1.54, 1.807) is 17.0 Å². The third-order valence-electron chi connectivity index (χ3n) is 6.87. The predicted octanol–water partition coefficient (Wildman–Crippen LogP) is 7.17. The van der Waals surface area contributed by atoms with Gasteiger partial charge in [0.15, 0.2) is 0 Å². The summed E-state index contributed by atoms with van der Waals surface area (Å²) >= 11 is 3.42. The standard InChI is InChI=1S/C31H32BrN3O4/c1-2-3-17-38-31(37)35-15-13-34(14-16-35)21-22-11-12-23-20-29(39-28(23)18-22)26-9-4-5-10-27(26)33-30(36)24-7-6-8-25(32)19-24/h4-12,18-20H,2-3,13-17,21H2,1H3,(H,33,36). The van der Waals surface area contributed by atoms with Crippen molar-refractivity contribution in [2.24, 2.45) is 0 Å². The van der Waals surface area contributed by atoms with Crippen LogP contribution < -0.4 is 5.32 Å². The zero-order valence-corrected chi connectivity index (χ0v) is 23.6. The van der Waals surface area contributed by atoms with Gasteiger partial charge >= 0.3 is 6.09 Å². The Balaban J connectivity index is 1.25. The van der Waals surface area contributed by atoms with Gasteiger partial charge in [0.05, 0.1) is 12.3 Å². The molecule has 4 aromatic rings. The van der Waals surface area contributed by atoms with Crippen LogP contribution in [0.5, 0.6) is 0 Å². The summed E-state index contributed by atoms with van der Waals surface area (Å²) in [6.07, 6.45) is 1.70. The maximum absolute atomic E-state index is 12.9. The molecule has 0 atom stereocenters. The topological polar surface area (TPSA) is 75.0 Å². The zero-order chi connectivity index (χ0) is 27.2. The van der Waals surface area contributed by atoms with Crippen LogP contribution in [0.25, 0.3) is 22.3 Å². The van der Waals surface area contributed by atoms with E-state index in [2.05, 4.69) is 51.3 Å². The molecule has 0 aliphatic carbocycles. The van der Waals surface area contributed by atoms with Crippen LogP contribution in [-0.4, -0.2) is 54.6 Å². The summed E-state index contributed by atoms with van der Waals surface area (Å²) in [5.74, 6) is 0.513. The molecular formula is C31H32BrN3O4. The van der Waals surface area contributed by atoms with Gasteiger partial charge in [0.1, 0.15) is 11.3 Å². The van der Waals surface area contributed by atoms with Gasteiger partial charge in [0, 0.05) is 53.7 Å². The van der Waals surface area contributed by atoms with E-state index in [-0.39, 0.29) is 12.0 Å². The van der Waals surface area contributed by atoms with Gasteiger partial charge in [-0.2, -0.15) is 0 Å². The molecule has 202 valence electrons. The highest BCUT2D eigenvalue weighted by Gasteiger charge is 2.22. The first-order chi connectivity index (χ1) is 19.0. The maximum atomic E-state index is 12.9. The summed E-state index contributed by atoms with van der Waals surface area (Å²) in [5, 5.41) is 4.03. The van der Waals surface area contributed by atoms with Gasteiger partial charge in [0.2, 0.25) is 0 Å². The number of ether oxygens (including phenoxy) is 1. The van der Waals surface area contributed by atoms with Gasteiger partial charge in [-0.05, 0) is 54.4 Å². The number of halogens is 1. The first-order valence-electron chi connectivity index (χ1n) is 13.3. The fourth-order valence-electron chi connectivity index (χ4n) is 4.68. The molecule has 8 heteroatoms. The molecule has 1 aliphatic rings. The summed E-state index contributed by atoms with van der Waals surface area (Å²) in [4.78, 5) is 29.2. The Morgan fingerprint density at radius 1 is 0.974 bits per heavy atom. The van der Waals surface area contributed by atoms with E-state index in [1.165, 1.54) is 0 Å². The van der Waals surface area contributed by atoms with Gasteiger partial charge in [-0.25, -0.2) is 4.79 Å². The highest BCUT2D eigenvalue weighted by molar-refractivity contribution is 9.10. The molecule has 39 heavy (non-hydrogen) atoms. The molecule has 0 saturated carbocycles. The van der Waals surface area contributed by atoms with Crippen molar-refractivity contribution in [3.63, 3.8) is 0 Å². The quantitative estimate of drug-likeness (QED) is 0.220. The molecule has 1 aliphatic heterocycles. The van der Waals surface area contributed by atoms with Crippen LogP contribution in [0, 0.1) is 0 Å². The molecule has 1 saturated heterocycles. The Kier molecular flexibility index (Phi) is 8.64. The smallest absolute Gasteiger partial charge is 0.409 e. The largest absolute Gasteiger partial charge is 0.456 e. The molecule has 7 nitrogen and oxygen atoms in total. The van der Waals surface area contributed by atoms with Crippen LogP contribution >= 0.6 is 15.9 Å². The van der Waals surface area contributed by atoms with Crippen molar-refractivity contribution >= 4 is 44.6 Å². The monoisotopic (exact) mass is 589 g/mol. The van der Waals surface area contributed by atoms with Crippen LogP contribution in [0.1, 0.15) is 35.7 Å². The second-order valence-electron chi connectivity index (χ2n) is 9.72. The molecule has 1 aromatic heterocycles. The number of nitrogens with one attached hydrogen (secondary N) is 1. The second-order valence-corrected chi connectivity index (χ2v) is 10.6. The number of carbonyl (C=O) groups is 2. The summed E-state index contributed by atoms with van der Waals surface area (Å²) in [6, 6.07) is 23.2. The van der Waals surface area contributed by atoms with Gasteiger partial charge in [-0.15, -0.1) is 0 Å². The molecule has 0 bridgehead atoms. The summed E-state index contributed by atoms with van der Waals surface area (Å²) < 4.78 is 12.5. The number of furan rings is 1. The van der Waals surface area contributed by atoms with Crippen LogP contribution in [0.15, 0.2) is 81.7 Å². The molecule has 1 fully saturated rings. The van der Waals surface area contributed by atoms with E-state index >= 15 is 0 Å². The average Bonchev–Trinajstić information content (AvgIpc) is 3.37. The van der Waals surface area contributed by atoms with Crippen molar-refractivity contribution in [3.8, 4) is 11.3 Å². The lowest BCUT2D eigenvalue weighted by molar-refractivity contribution is 0.0737. The third kappa shape index (κ3) is 6.69. The van der Waals surface area contributed by atoms with Crippen LogP contribution in [0.4, 0.5) is 10.5 Å². The van der Waals surface area contributed by atoms with Crippen molar-refractivity contribution in [3.05, 3.63) is 88.4 Å². The lowest BCUT2D eigenvalue weighted by Crippen LogP contribution is -2.48. The van der Waals surface area contributed by atoms with Crippen LogP contribution in [0.3, 0.4) is 0 Å². The molecule has 2 amide bonds. The minimum atomic E-state index is -0.208. The first kappa shape index (κ1) is 27.0. The number of hydrogen-bond donors (Lipinski definition) is 1. The molecule has 0 radical (unpaired) electrons. The van der Waals surface area contributed by atoms with E-state index in [4.69, 9.17) is 9.15 Å². The summed E-state index contributed by atoms with van der Waals surface area (Å²) in [6.45, 7) is 6.29. The van der Waals surface area contributed by atoms with E-state index < -0.39 is 0 Å². The molecule has 1 N–H and O–H groups in total. The average molecular weight is 591 g/mol. The number of carbonyl (C=O) groups excluding carboxylic acids is 2. The van der Waals surface area contributed by atoms with Crippen molar-refractivity contribution in [1.29, 1.82) is 0 Å². The van der Waals surface area contributed by atoms with E-state index in [1.807, 2.05) is 42.5 Å². The van der Waals surface area contributed by atoms with Crippen molar-refractivity contribution in [1.82, 2.24) is 9.80 Å². The highest BCUT2D eigenvalue weighted by atomic mass is 79.9. The minimum absolute atomic E-state index is 0.184. The Morgan fingerprint density at radius 2 is 1.79 bits per heavy atom. The number of piperazine rings is 1. The highest BCUT2D eigenvalue weighted by Crippen LogP contribution is 2.33. The molecule has 0 spiro atoms. The van der Waals surface area contributed by atoms with E-state index in [0.29, 0.717) is 36.7 Å². The van der Waals surface area contributed by atoms with E-state index in [0.717, 1.165) is 59.0 Å². The van der Waals surface area contributed by atoms with Crippen molar-refractivity contribution < 1.29 is 18.7 Å². The Labute approximate surface area is 236 Å². The predicted molar refractivity (Wildman–Crippen MR) is 157 cm³/mol. The van der Waals surface area contributed by atoms with Gasteiger partial charge in [-0.1, -0.05) is 59.6 Å². The number of hydrogen-bond acceptors (Lipinski definition) is 5. The fraction of sp³-hybridized carbons (Fsp3) is 0.290. The lowest BCUT2D eigenvalue weighted by atomic mass is 10.1. The van der Waals surface area contributed by atoms with Gasteiger partial charge in [0.25, 0.3) is 5.91 Å². The van der Waals surface area contributed by atoms with Gasteiger partial charge < -0.3 is 19.4 Å². The van der Waals surface area contributed by atoms with E-state index in [9.17, 15) is 9.59 Å². The van der Waals surface area contributed by atoms with Crippen LogP contribution in [-0.2, 0) is 11.3 Å². The Morgan fingerprint density at radius 3 is 2.59 bits per heavy atom. The van der Waals surface area contributed by atoms with Gasteiger partial charge in [-0.3, -0.25) is 9.69 Å². The van der Waals surface area contributed by atoms with Crippen LogP contribution in [0.2, 0.25) is 0 Å². The molecule has 3 aromatic carbocycles. The number of unbranched alkanes of at least 4 members (excludes halogenated alkanes) is 1. The zero-order valence-electron chi connectivity index (χ0n) is 22.0. The number of para-hydroxylation sites is 1. The number of nitrogens with zero attached hydrogens (tertiary/aromatic N) is 2. The van der Waals surface area contributed by atoms with Crippen molar-refractivity contribution in [2.75, 3.05) is 38.1 Å². The Bertz CT molecular complexity index is 1460. The molecular weight excluding hydrogens is 558 g/mol.